The lowest BCUT2D eigenvalue weighted by atomic mass is 10.1. The van der Waals surface area contributed by atoms with Crippen molar-refractivity contribution in [3.63, 3.8) is 0 Å². The minimum absolute atomic E-state index is 0.379. The van der Waals surface area contributed by atoms with E-state index in [1.54, 1.807) is 7.05 Å². The first-order valence-corrected chi connectivity index (χ1v) is 10.8. The highest BCUT2D eigenvalue weighted by molar-refractivity contribution is 6.30. The van der Waals surface area contributed by atoms with E-state index in [2.05, 4.69) is 41.7 Å². The zero-order valence-corrected chi connectivity index (χ0v) is 18.2. The SMILES string of the molecule is CN=C(NCCc1nc(-c2cccc(Cl)c2)no1)NC1CCN(c2ccccn2)CC1. The maximum Gasteiger partial charge on any atom is 0.228 e. The van der Waals surface area contributed by atoms with Gasteiger partial charge in [-0.2, -0.15) is 4.98 Å². The number of piperidine rings is 1. The van der Waals surface area contributed by atoms with Crippen molar-refractivity contribution >= 4 is 23.4 Å². The van der Waals surface area contributed by atoms with Gasteiger partial charge in [0.1, 0.15) is 5.82 Å². The van der Waals surface area contributed by atoms with Gasteiger partial charge in [0.05, 0.1) is 0 Å². The summed E-state index contributed by atoms with van der Waals surface area (Å²) in [5.74, 6) is 2.94. The van der Waals surface area contributed by atoms with Crippen molar-refractivity contribution in [1.82, 2.24) is 25.8 Å². The molecule has 0 spiro atoms. The van der Waals surface area contributed by atoms with Gasteiger partial charge in [-0.3, -0.25) is 4.99 Å². The molecule has 3 aromatic rings. The maximum atomic E-state index is 6.03. The van der Waals surface area contributed by atoms with Crippen molar-refractivity contribution in [2.45, 2.75) is 25.3 Å². The van der Waals surface area contributed by atoms with E-state index in [4.69, 9.17) is 16.1 Å². The van der Waals surface area contributed by atoms with Crippen LogP contribution in [0.1, 0.15) is 18.7 Å². The summed E-state index contributed by atoms with van der Waals surface area (Å²) >= 11 is 6.03. The minimum atomic E-state index is 0.379. The maximum absolute atomic E-state index is 6.03. The number of pyridine rings is 1. The Bertz CT molecular complexity index is 1000. The monoisotopic (exact) mass is 439 g/mol. The fourth-order valence-electron chi connectivity index (χ4n) is 3.57. The predicted molar refractivity (Wildman–Crippen MR) is 122 cm³/mol. The number of aliphatic imine (C=N–C) groups is 1. The Hall–Kier alpha value is -3.13. The van der Waals surface area contributed by atoms with Crippen LogP contribution < -0.4 is 15.5 Å². The van der Waals surface area contributed by atoms with E-state index >= 15 is 0 Å². The Labute approximate surface area is 186 Å². The number of hydrogen-bond donors (Lipinski definition) is 2. The molecule has 0 saturated carbocycles. The van der Waals surface area contributed by atoms with Gasteiger partial charge in [-0.1, -0.05) is 35.0 Å². The molecule has 31 heavy (non-hydrogen) atoms. The molecule has 0 atom stereocenters. The molecule has 3 heterocycles. The topological polar surface area (TPSA) is 91.5 Å². The lowest BCUT2D eigenvalue weighted by molar-refractivity contribution is 0.378. The highest BCUT2D eigenvalue weighted by Crippen LogP contribution is 2.20. The summed E-state index contributed by atoms with van der Waals surface area (Å²) in [7, 11) is 1.78. The smallest absolute Gasteiger partial charge is 0.228 e. The summed E-state index contributed by atoms with van der Waals surface area (Å²) < 4.78 is 5.36. The summed E-state index contributed by atoms with van der Waals surface area (Å²) in [5.41, 5.74) is 0.838. The average Bonchev–Trinajstić information content (AvgIpc) is 3.28. The number of guanidine groups is 1. The Morgan fingerprint density at radius 1 is 1.23 bits per heavy atom. The summed E-state index contributed by atoms with van der Waals surface area (Å²) in [6.07, 6.45) is 4.51. The van der Waals surface area contributed by atoms with Crippen LogP contribution in [0.3, 0.4) is 0 Å². The first kappa shape index (κ1) is 21.1. The zero-order valence-electron chi connectivity index (χ0n) is 17.5. The molecule has 1 saturated heterocycles. The fourth-order valence-corrected chi connectivity index (χ4v) is 3.76. The molecule has 2 aromatic heterocycles. The van der Waals surface area contributed by atoms with Gasteiger partial charge in [0.15, 0.2) is 5.96 Å². The van der Waals surface area contributed by atoms with Crippen molar-refractivity contribution in [3.05, 3.63) is 59.6 Å². The molecule has 0 amide bonds. The van der Waals surface area contributed by atoms with Gasteiger partial charge < -0.3 is 20.1 Å². The van der Waals surface area contributed by atoms with Crippen LogP contribution in [0.4, 0.5) is 5.82 Å². The second kappa shape index (κ2) is 10.3. The van der Waals surface area contributed by atoms with Crippen molar-refractivity contribution in [1.29, 1.82) is 0 Å². The molecule has 1 aromatic carbocycles. The highest BCUT2D eigenvalue weighted by Gasteiger charge is 2.20. The zero-order chi connectivity index (χ0) is 21.5. The molecule has 4 rings (SSSR count). The fraction of sp³-hybridized carbons (Fsp3) is 0.364. The summed E-state index contributed by atoms with van der Waals surface area (Å²) in [5, 5.41) is 11.5. The van der Waals surface area contributed by atoms with E-state index in [9.17, 15) is 0 Å². The molecule has 0 bridgehead atoms. The van der Waals surface area contributed by atoms with Gasteiger partial charge in [0.25, 0.3) is 0 Å². The van der Waals surface area contributed by atoms with E-state index in [-0.39, 0.29) is 0 Å². The molecule has 1 aliphatic heterocycles. The lowest BCUT2D eigenvalue weighted by Gasteiger charge is -2.33. The normalized spacial score (nSPS) is 15.2. The Kier molecular flexibility index (Phi) is 6.99. The third kappa shape index (κ3) is 5.73. The molecule has 1 aliphatic rings. The van der Waals surface area contributed by atoms with E-state index in [1.807, 2.05) is 42.6 Å². The van der Waals surface area contributed by atoms with Gasteiger partial charge in [-0.05, 0) is 37.1 Å². The summed E-state index contributed by atoms with van der Waals surface area (Å²) in [6.45, 7) is 2.59. The second-order valence-corrected chi connectivity index (χ2v) is 7.80. The van der Waals surface area contributed by atoms with Crippen LogP contribution in [0.2, 0.25) is 5.02 Å². The second-order valence-electron chi connectivity index (χ2n) is 7.36. The van der Waals surface area contributed by atoms with Crippen molar-refractivity contribution in [3.8, 4) is 11.4 Å². The predicted octanol–water partition coefficient (Wildman–Crippen LogP) is 3.16. The number of nitrogens with one attached hydrogen (secondary N) is 2. The van der Waals surface area contributed by atoms with Gasteiger partial charge in [-0.25, -0.2) is 4.98 Å². The van der Waals surface area contributed by atoms with E-state index in [0.29, 0.717) is 35.7 Å². The molecule has 2 N–H and O–H groups in total. The number of rotatable bonds is 6. The first-order valence-electron chi connectivity index (χ1n) is 10.4. The number of hydrogen-bond acceptors (Lipinski definition) is 6. The molecular weight excluding hydrogens is 414 g/mol. The molecular formula is C22H26ClN7O. The molecule has 162 valence electrons. The third-order valence-corrected chi connectivity index (χ3v) is 5.45. The van der Waals surface area contributed by atoms with Crippen LogP contribution in [0.15, 0.2) is 58.2 Å². The molecule has 0 unspecified atom stereocenters. The molecule has 9 heteroatoms. The molecule has 0 aliphatic carbocycles. The minimum Gasteiger partial charge on any atom is -0.356 e. The van der Waals surface area contributed by atoms with Crippen LogP contribution in [-0.2, 0) is 6.42 Å². The summed E-state index contributed by atoms with van der Waals surface area (Å²) in [6, 6.07) is 13.8. The van der Waals surface area contributed by atoms with Crippen molar-refractivity contribution < 1.29 is 4.52 Å². The molecule has 0 radical (unpaired) electrons. The number of anilines is 1. The van der Waals surface area contributed by atoms with Crippen LogP contribution in [-0.4, -0.2) is 53.8 Å². The van der Waals surface area contributed by atoms with Crippen LogP contribution in [0.25, 0.3) is 11.4 Å². The van der Waals surface area contributed by atoms with Crippen molar-refractivity contribution in [2.24, 2.45) is 4.99 Å². The Morgan fingerprint density at radius 3 is 2.84 bits per heavy atom. The number of benzene rings is 1. The van der Waals surface area contributed by atoms with Crippen LogP contribution in [0, 0.1) is 0 Å². The number of nitrogens with zero attached hydrogens (tertiary/aromatic N) is 5. The molecule has 8 nitrogen and oxygen atoms in total. The van der Waals surface area contributed by atoms with Crippen LogP contribution in [0.5, 0.6) is 0 Å². The summed E-state index contributed by atoms with van der Waals surface area (Å²) in [4.78, 5) is 15.6. The van der Waals surface area contributed by atoms with E-state index in [0.717, 1.165) is 43.3 Å². The number of aromatic nitrogens is 3. The first-order chi connectivity index (χ1) is 15.2. The van der Waals surface area contributed by atoms with Gasteiger partial charge in [-0.15, -0.1) is 0 Å². The Morgan fingerprint density at radius 2 is 2.10 bits per heavy atom. The third-order valence-electron chi connectivity index (χ3n) is 5.21. The highest BCUT2D eigenvalue weighted by atomic mass is 35.5. The van der Waals surface area contributed by atoms with Crippen molar-refractivity contribution in [2.75, 3.05) is 31.6 Å². The number of halogens is 1. The van der Waals surface area contributed by atoms with E-state index < -0.39 is 0 Å². The Balaban J connectivity index is 1.22. The lowest BCUT2D eigenvalue weighted by Crippen LogP contribution is -2.49. The van der Waals surface area contributed by atoms with Gasteiger partial charge in [0.2, 0.25) is 11.7 Å². The van der Waals surface area contributed by atoms with Crippen LogP contribution >= 0.6 is 11.6 Å². The van der Waals surface area contributed by atoms with E-state index in [1.165, 1.54) is 0 Å². The standard InChI is InChI=1S/C22H26ClN7O/c1-24-22(27-18-9-13-30(14-10-18)19-7-2-3-11-25-19)26-12-8-20-28-21(29-31-20)16-5-4-6-17(23)15-16/h2-7,11,15,18H,8-10,12-14H2,1H3,(H2,24,26,27). The molecule has 1 fully saturated rings. The van der Waals surface area contributed by atoms with Gasteiger partial charge >= 0.3 is 0 Å². The largest absolute Gasteiger partial charge is 0.356 e. The quantitative estimate of drug-likeness (QED) is 0.450. The van der Waals surface area contributed by atoms with Gasteiger partial charge in [0, 0.05) is 55.9 Å². The average molecular weight is 440 g/mol.